The highest BCUT2D eigenvalue weighted by molar-refractivity contribution is 5.78. The Morgan fingerprint density at radius 1 is 1.32 bits per heavy atom. The third-order valence-corrected chi connectivity index (χ3v) is 4.41. The number of piperidine rings is 1. The van der Waals surface area contributed by atoms with Crippen LogP contribution in [0.3, 0.4) is 0 Å². The van der Waals surface area contributed by atoms with Gasteiger partial charge >= 0.3 is 0 Å². The van der Waals surface area contributed by atoms with Gasteiger partial charge in [0.25, 0.3) is 0 Å². The summed E-state index contributed by atoms with van der Waals surface area (Å²) in [6.07, 6.45) is 2.34. The van der Waals surface area contributed by atoms with Crippen LogP contribution in [0.15, 0.2) is 29.3 Å². The van der Waals surface area contributed by atoms with E-state index in [4.69, 9.17) is 5.73 Å². The van der Waals surface area contributed by atoms with Gasteiger partial charge in [0.05, 0.1) is 12.6 Å². The maximum absolute atomic E-state index is 13.1. The summed E-state index contributed by atoms with van der Waals surface area (Å²) >= 11 is 0. The van der Waals surface area contributed by atoms with Crippen molar-refractivity contribution in [3.05, 3.63) is 35.6 Å². The summed E-state index contributed by atoms with van der Waals surface area (Å²) in [6.45, 7) is 4.83. The van der Waals surface area contributed by atoms with Gasteiger partial charge in [-0.1, -0.05) is 19.1 Å². The van der Waals surface area contributed by atoms with E-state index in [0.717, 1.165) is 24.6 Å². The van der Waals surface area contributed by atoms with Gasteiger partial charge in [0.1, 0.15) is 5.82 Å². The van der Waals surface area contributed by atoms with E-state index < -0.39 is 0 Å². The Hall–Kier alpha value is -1.62. The lowest BCUT2D eigenvalue weighted by molar-refractivity contribution is 0.274. The van der Waals surface area contributed by atoms with Crippen LogP contribution in [0.2, 0.25) is 0 Å². The molecule has 1 aliphatic rings. The maximum Gasteiger partial charge on any atom is 0.191 e. The molecule has 1 fully saturated rings. The number of halogens is 1. The van der Waals surface area contributed by atoms with Gasteiger partial charge in [-0.15, -0.1) is 0 Å². The molecular weight excluding hydrogens is 279 g/mol. The fourth-order valence-electron chi connectivity index (χ4n) is 2.77. The van der Waals surface area contributed by atoms with E-state index in [-0.39, 0.29) is 11.9 Å². The Morgan fingerprint density at radius 3 is 2.45 bits per heavy atom. The number of nitrogens with two attached hydrogens (primary N) is 1. The van der Waals surface area contributed by atoms with E-state index >= 15 is 0 Å². The lowest BCUT2D eigenvalue weighted by atomic mass is 10.00. The van der Waals surface area contributed by atoms with Crippen molar-refractivity contribution < 1.29 is 4.39 Å². The molecule has 0 saturated carbocycles. The minimum absolute atomic E-state index is 0.0999. The van der Waals surface area contributed by atoms with Crippen molar-refractivity contribution in [1.82, 2.24) is 9.80 Å². The van der Waals surface area contributed by atoms with E-state index in [1.165, 1.54) is 25.0 Å². The molecule has 0 radical (unpaired) electrons. The van der Waals surface area contributed by atoms with Crippen LogP contribution >= 0.6 is 0 Å². The Balaban J connectivity index is 2.01. The van der Waals surface area contributed by atoms with Crippen LogP contribution in [0.1, 0.15) is 31.4 Å². The number of aliphatic imine (C=N–C) groups is 1. The average molecular weight is 306 g/mol. The molecule has 2 N–H and O–H groups in total. The number of nitrogens with zero attached hydrogens (tertiary/aromatic N) is 3. The summed E-state index contributed by atoms with van der Waals surface area (Å²) in [6, 6.07) is 6.71. The van der Waals surface area contributed by atoms with Crippen LogP contribution in [0.25, 0.3) is 0 Å². The first-order valence-electron chi connectivity index (χ1n) is 7.94. The lowest BCUT2D eigenvalue weighted by Gasteiger charge is -2.31. The van der Waals surface area contributed by atoms with Gasteiger partial charge in [-0.3, -0.25) is 4.99 Å². The fourth-order valence-corrected chi connectivity index (χ4v) is 2.77. The molecule has 2 rings (SSSR count). The second-order valence-corrected chi connectivity index (χ2v) is 6.40. The van der Waals surface area contributed by atoms with E-state index in [0.29, 0.717) is 12.5 Å². The highest BCUT2D eigenvalue weighted by Gasteiger charge is 2.18. The molecule has 1 unspecified atom stereocenters. The van der Waals surface area contributed by atoms with Gasteiger partial charge in [0, 0.05) is 13.1 Å². The quantitative estimate of drug-likeness (QED) is 0.686. The Bertz CT molecular complexity index is 490. The standard InChI is InChI=1S/C17H27FN4/c1-13-8-10-22(11-9-13)17(19)20-12-16(21(2)3)14-4-6-15(18)7-5-14/h4-7,13,16H,8-12H2,1-3H3,(H2,19,20). The first kappa shape index (κ1) is 16.7. The van der Waals surface area contributed by atoms with Crippen molar-refractivity contribution in [3.8, 4) is 0 Å². The largest absolute Gasteiger partial charge is 0.370 e. The van der Waals surface area contributed by atoms with Crippen LogP contribution in [-0.2, 0) is 0 Å². The summed E-state index contributed by atoms with van der Waals surface area (Å²) in [5, 5.41) is 0. The molecule has 22 heavy (non-hydrogen) atoms. The zero-order chi connectivity index (χ0) is 16.1. The molecule has 1 heterocycles. The lowest BCUT2D eigenvalue weighted by Crippen LogP contribution is -2.43. The van der Waals surface area contributed by atoms with Crippen LogP contribution in [0, 0.1) is 11.7 Å². The molecule has 4 nitrogen and oxygen atoms in total. The molecular formula is C17H27FN4. The molecule has 1 aromatic carbocycles. The number of benzene rings is 1. The molecule has 1 atom stereocenters. The summed E-state index contributed by atoms with van der Waals surface area (Å²) in [4.78, 5) is 8.83. The molecule has 0 amide bonds. The highest BCUT2D eigenvalue weighted by atomic mass is 19.1. The van der Waals surface area contributed by atoms with E-state index in [1.54, 1.807) is 0 Å². The fraction of sp³-hybridized carbons (Fsp3) is 0.588. The van der Waals surface area contributed by atoms with E-state index in [1.807, 2.05) is 26.2 Å². The second-order valence-electron chi connectivity index (χ2n) is 6.40. The first-order valence-corrected chi connectivity index (χ1v) is 7.94. The van der Waals surface area contributed by atoms with Gasteiger partial charge < -0.3 is 15.5 Å². The van der Waals surface area contributed by atoms with Crippen molar-refractivity contribution in [1.29, 1.82) is 0 Å². The Labute approximate surface area is 132 Å². The van der Waals surface area contributed by atoms with Gasteiger partial charge in [-0.2, -0.15) is 0 Å². The Morgan fingerprint density at radius 2 is 1.91 bits per heavy atom. The highest BCUT2D eigenvalue weighted by Crippen LogP contribution is 2.20. The second kappa shape index (κ2) is 7.58. The number of hydrogen-bond acceptors (Lipinski definition) is 2. The van der Waals surface area contributed by atoms with Gasteiger partial charge in [-0.05, 0) is 50.6 Å². The monoisotopic (exact) mass is 306 g/mol. The zero-order valence-corrected chi connectivity index (χ0v) is 13.8. The molecule has 1 saturated heterocycles. The number of rotatable bonds is 4. The molecule has 0 spiro atoms. The van der Waals surface area contributed by atoms with Crippen molar-refractivity contribution in [2.75, 3.05) is 33.7 Å². The van der Waals surface area contributed by atoms with Gasteiger partial charge in [0.15, 0.2) is 5.96 Å². The summed E-state index contributed by atoms with van der Waals surface area (Å²) in [5.41, 5.74) is 7.19. The number of hydrogen-bond donors (Lipinski definition) is 1. The zero-order valence-electron chi connectivity index (χ0n) is 13.8. The topological polar surface area (TPSA) is 44.9 Å². The van der Waals surface area contributed by atoms with Crippen molar-refractivity contribution in [2.45, 2.75) is 25.8 Å². The van der Waals surface area contributed by atoms with Crippen LogP contribution in [0.4, 0.5) is 4.39 Å². The molecule has 1 aliphatic heterocycles. The van der Waals surface area contributed by atoms with Crippen LogP contribution in [0.5, 0.6) is 0 Å². The third-order valence-electron chi connectivity index (χ3n) is 4.41. The first-order chi connectivity index (χ1) is 10.5. The number of guanidine groups is 1. The molecule has 1 aromatic rings. The van der Waals surface area contributed by atoms with Crippen molar-refractivity contribution in [3.63, 3.8) is 0 Å². The maximum atomic E-state index is 13.1. The van der Waals surface area contributed by atoms with Gasteiger partial charge in [-0.25, -0.2) is 4.39 Å². The predicted octanol–water partition coefficient (Wildman–Crippen LogP) is 2.48. The van der Waals surface area contributed by atoms with E-state index in [2.05, 4.69) is 21.7 Å². The minimum atomic E-state index is -0.216. The molecule has 0 bridgehead atoms. The SMILES string of the molecule is CC1CCN(C(N)=NCC(c2ccc(F)cc2)N(C)C)CC1. The average Bonchev–Trinajstić information content (AvgIpc) is 2.49. The number of likely N-dealkylation sites (tertiary alicyclic amines) is 1. The van der Waals surface area contributed by atoms with Crippen molar-refractivity contribution >= 4 is 5.96 Å². The summed E-state index contributed by atoms with van der Waals surface area (Å²) in [7, 11) is 4.00. The molecule has 122 valence electrons. The minimum Gasteiger partial charge on any atom is -0.370 e. The van der Waals surface area contributed by atoms with E-state index in [9.17, 15) is 4.39 Å². The summed E-state index contributed by atoms with van der Waals surface area (Å²) in [5.74, 6) is 1.19. The van der Waals surface area contributed by atoms with Gasteiger partial charge in [0.2, 0.25) is 0 Å². The third kappa shape index (κ3) is 4.44. The van der Waals surface area contributed by atoms with Crippen LogP contribution < -0.4 is 5.73 Å². The molecule has 5 heteroatoms. The van der Waals surface area contributed by atoms with Crippen LogP contribution in [-0.4, -0.2) is 49.5 Å². The summed E-state index contributed by atoms with van der Waals surface area (Å²) < 4.78 is 13.1. The Kier molecular flexibility index (Phi) is 5.77. The molecule has 0 aliphatic carbocycles. The normalized spacial score (nSPS) is 18.8. The van der Waals surface area contributed by atoms with Crippen molar-refractivity contribution in [2.24, 2.45) is 16.6 Å². The smallest absolute Gasteiger partial charge is 0.191 e. The predicted molar refractivity (Wildman–Crippen MR) is 89.3 cm³/mol. The number of likely N-dealkylation sites (N-methyl/N-ethyl adjacent to an activating group) is 1. The molecule has 0 aromatic heterocycles.